The fourth-order valence-electron chi connectivity index (χ4n) is 1.68. The summed E-state index contributed by atoms with van der Waals surface area (Å²) in [7, 11) is 0. The molecule has 100 valence electrons. The highest BCUT2D eigenvalue weighted by molar-refractivity contribution is 7.99. The van der Waals surface area contributed by atoms with E-state index in [1.54, 1.807) is 12.1 Å². The fourth-order valence-corrected chi connectivity index (χ4v) is 2.60. The molecule has 0 amide bonds. The average Bonchev–Trinajstić information content (AvgIpc) is 2.37. The third-order valence-corrected chi connectivity index (χ3v) is 3.91. The highest BCUT2D eigenvalue weighted by atomic mass is 32.2. The number of aliphatic hydroxyl groups excluding tert-OH is 1. The largest absolute Gasteiger partial charge is 0.392 e. The molecule has 0 bridgehead atoms. The van der Waals surface area contributed by atoms with Gasteiger partial charge in [0.15, 0.2) is 0 Å². The van der Waals surface area contributed by atoms with Gasteiger partial charge in [0.1, 0.15) is 5.82 Å². The molecule has 1 atom stereocenters. The molecule has 1 nitrogen and oxygen atoms in total. The normalized spacial score (nSPS) is 12.3. The summed E-state index contributed by atoms with van der Waals surface area (Å²) in [5.41, 5.74) is 0. The van der Waals surface area contributed by atoms with Crippen LogP contribution in [0.1, 0.15) is 32.1 Å². The quantitative estimate of drug-likeness (QED) is 0.406. The number of aliphatic hydroxyl groups is 1. The van der Waals surface area contributed by atoms with E-state index in [0.717, 1.165) is 32.1 Å². The van der Waals surface area contributed by atoms with Crippen molar-refractivity contribution in [3.05, 3.63) is 42.7 Å². The predicted molar refractivity (Wildman–Crippen MR) is 76.4 cm³/mol. The summed E-state index contributed by atoms with van der Waals surface area (Å²) in [6.07, 6.45) is 6.68. The van der Waals surface area contributed by atoms with Crippen LogP contribution in [0.2, 0.25) is 0 Å². The predicted octanol–water partition coefficient (Wildman–Crippen LogP) is 4.42. The van der Waals surface area contributed by atoms with Gasteiger partial charge in [-0.2, -0.15) is 0 Å². The third kappa shape index (κ3) is 6.22. The first-order chi connectivity index (χ1) is 8.74. The molecule has 0 saturated carbocycles. The van der Waals surface area contributed by atoms with Crippen molar-refractivity contribution in [3.63, 3.8) is 0 Å². The first-order valence-corrected chi connectivity index (χ1v) is 7.39. The van der Waals surface area contributed by atoms with Crippen LogP contribution in [-0.4, -0.2) is 17.0 Å². The Morgan fingerprint density at radius 3 is 2.78 bits per heavy atom. The average molecular weight is 268 g/mol. The van der Waals surface area contributed by atoms with Gasteiger partial charge in [0, 0.05) is 10.6 Å². The van der Waals surface area contributed by atoms with E-state index in [-0.39, 0.29) is 11.9 Å². The Labute approximate surface area is 113 Å². The maximum Gasteiger partial charge on any atom is 0.136 e. The van der Waals surface area contributed by atoms with Gasteiger partial charge in [-0.25, -0.2) is 4.39 Å². The molecule has 0 aliphatic heterocycles. The fraction of sp³-hybridized carbons (Fsp3) is 0.467. The first kappa shape index (κ1) is 15.3. The molecular weight excluding hydrogens is 247 g/mol. The second-order valence-corrected chi connectivity index (χ2v) is 5.38. The van der Waals surface area contributed by atoms with Gasteiger partial charge in [-0.1, -0.05) is 31.1 Å². The number of allylic oxidation sites excluding steroid dienone is 1. The summed E-state index contributed by atoms with van der Waals surface area (Å²) in [5, 5.41) is 9.79. The number of unbranched alkanes of at least 4 members (excludes halogenated alkanes) is 3. The molecule has 1 N–H and O–H groups in total. The van der Waals surface area contributed by atoms with Crippen LogP contribution in [0, 0.1) is 5.82 Å². The molecular formula is C15H21FOS. The van der Waals surface area contributed by atoms with Crippen LogP contribution < -0.4 is 0 Å². The highest BCUT2D eigenvalue weighted by Gasteiger charge is 2.07. The first-order valence-electron chi connectivity index (χ1n) is 6.40. The number of rotatable bonds is 9. The van der Waals surface area contributed by atoms with Crippen LogP contribution in [0.3, 0.4) is 0 Å². The molecule has 1 unspecified atom stereocenters. The van der Waals surface area contributed by atoms with Crippen LogP contribution in [0.25, 0.3) is 0 Å². The van der Waals surface area contributed by atoms with Crippen LogP contribution in [-0.2, 0) is 0 Å². The summed E-state index contributed by atoms with van der Waals surface area (Å²) < 4.78 is 13.3. The standard InChI is InChI=1S/C15H21FOS/c1-2-3-4-5-6-9-13(17)12-18-15-11-8-7-10-14(15)16/h2,7-8,10-11,13,17H,1,3-6,9,12H2. The van der Waals surface area contributed by atoms with Gasteiger partial charge in [-0.15, -0.1) is 18.3 Å². The molecule has 18 heavy (non-hydrogen) atoms. The van der Waals surface area contributed by atoms with E-state index in [1.807, 2.05) is 12.1 Å². The molecule has 0 heterocycles. The van der Waals surface area contributed by atoms with Gasteiger partial charge in [0.05, 0.1) is 6.10 Å². The lowest BCUT2D eigenvalue weighted by Gasteiger charge is -2.10. The Bertz CT molecular complexity index is 354. The van der Waals surface area contributed by atoms with Gasteiger partial charge in [0.2, 0.25) is 0 Å². The van der Waals surface area contributed by atoms with Gasteiger partial charge in [-0.05, 0) is 31.4 Å². The third-order valence-electron chi connectivity index (χ3n) is 2.71. The van der Waals surface area contributed by atoms with E-state index in [4.69, 9.17) is 0 Å². The Morgan fingerprint density at radius 1 is 1.28 bits per heavy atom. The summed E-state index contributed by atoms with van der Waals surface area (Å²) in [6, 6.07) is 6.68. The Kier molecular flexibility index (Phi) is 7.78. The zero-order valence-corrected chi connectivity index (χ0v) is 11.5. The molecule has 1 rings (SSSR count). The molecule has 0 spiro atoms. The van der Waals surface area contributed by atoms with Crippen molar-refractivity contribution >= 4 is 11.8 Å². The van der Waals surface area contributed by atoms with E-state index in [1.165, 1.54) is 17.8 Å². The summed E-state index contributed by atoms with van der Waals surface area (Å²) in [6.45, 7) is 3.68. The van der Waals surface area contributed by atoms with Crippen molar-refractivity contribution < 1.29 is 9.50 Å². The molecule has 0 aliphatic rings. The minimum absolute atomic E-state index is 0.208. The Hall–Kier alpha value is -0.800. The van der Waals surface area contributed by atoms with Crippen molar-refractivity contribution in [1.82, 2.24) is 0 Å². The van der Waals surface area contributed by atoms with E-state index >= 15 is 0 Å². The summed E-state index contributed by atoms with van der Waals surface area (Å²) in [4.78, 5) is 0.614. The number of hydrogen-bond donors (Lipinski definition) is 1. The molecule has 3 heteroatoms. The minimum Gasteiger partial charge on any atom is -0.392 e. The highest BCUT2D eigenvalue weighted by Crippen LogP contribution is 2.23. The molecule has 0 saturated heterocycles. The molecule has 0 aromatic heterocycles. The molecule has 0 radical (unpaired) electrons. The van der Waals surface area contributed by atoms with E-state index in [2.05, 4.69) is 6.58 Å². The van der Waals surface area contributed by atoms with Crippen molar-refractivity contribution in [2.75, 3.05) is 5.75 Å². The SMILES string of the molecule is C=CCCCCCC(O)CSc1ccccc1F. The topological polar surface area (TPSA) is 20.2 Å². The maximum atomic E-state index is 13.3. The van der Waals surface area contributed by atoms with Crippen LogP contribution in [0.15, 0.2) is 41.8 Å². The number of thioether (sulfide) groups is 1. The minimum atomic E-state index is -0.349. The van der Waals surface area contributed by atoms with E-state index in [9.17, 15) is 9.50 Å². The van der Waals surface area contributed by atoms with E-state index in [0.29, 0.717) is 10.6 Å². The van der Waals surface area contributed by atoms with Crippen LogP contribution in [0.5, 0.6) is 0 Å². The number of halogens is 1. The lowest BCUT2D eigenvalue weighted by Crippen LogP contribution is -2.09. The number of benzene rings is 1. The summed E-state index contributed by atoms with van der Waals surface area (Å²) in [5.74, 6) is 0.350. The lowest BCUT2D eigenvalue weighted by atomic mass is 10.1. The molecule has 0 aliphatic carbocycles. The van der Waals surface area contributed by atoms with Crippen molar-refractivity contribution in [1.29, 1.82) is 0 Å². The van der Waals surface area contributed by atoms with Crippen LogP contribution in [0.4, 0.5) is 4.39 Å². The van der Waals surface area contributed by atoms with Gasteiger partial charge in [-0.3, -0.25) is 0 Å². The lowest BCUT2D eigenvalue weighted by molar-refractivity contribution is 0.185. The zero-order valence-electron chi connectivity index (χ0n) is 10.6. The second-order valence-electron chi connectivity index (χ2n) is 4.32. The monoisotopic (exact) mass is 268 g/mol. The maximum absolute atomic E-state index is 13.3. The van der Waals surface area contributed by atoms with E-state index < -0.39 is 0 Å². The van der Waals surface area contributed by atoms with Crippen molar-refractivity contribution in [2.24, 2.45) is 0 Å². The zero-order chi connectivity index (χ0) is 13.2. The summed E-state index contributed by atoms with van der Waals surface area (Å²) >= 11 is 1.38. The van der Waals surface area contributed by atoms with Crippen LogP contribution >= 0.6 is 11.8 Å². The number of hydrogen-bond acceptors (Lipinski definition) is 2. The molecule has 1 aromatic carbocycles. The smallest absolute Gasteiger partial charge is 0.136 e. The van der Waals surface area contributed by atoms with Crippen molar-refractivity contribution in [2.45, 2.75) is 43.1 Å². The molecule has 0 fully saturated rings. The van der Waals surface area contributed by atoms with Gasteiger partial charge in [0.25, 0.3) is 0 Å². The molecule has 1 aromatic rings. The van der Waals surface area contributed by atoms with Gasteiger partial charge < -0.3 is 5.11 Å². The Balaban J connectivity index is 2.15. The Morgan fingerprint density at radius 2 is 2.06 bits per heavy atom. The second kappa shape index (κ2) is 9.17. The van der Waals surface area contributed by atoms with Crippen molar-refractivity contribution in [3.8, 4) is 0 Å². The van der Waals surface area contributed by atoms with Gasteiger partial charge >= 0.3 is 0 Å².